The molecule has 0 spiro atoms. The summed E-state index contributed by atoms with van der Waals surface area (Å²) in [5.41, 5.74) is 0.515. The number of fused-ring (bicyclic) bond motifs is 1. The molecule has 150 valence electrons. The lowest BCUT2D eigenvalue weighted by Gasteiger charge is -2.10. The smallest absolute Gasteiger partial charge is 0.416 e. The normalized spacial score (nSPS) is 13.1. The molecule has 0 atom stereocenters. The van der Waals surface area contributed by atoms with E-state index >= 15 is 0 Å². The van der Waals surface area contributed by atoms with Crippen LogP contribution < -0.4 is 10.1 Å². The Kier molecular flexibility index (Phi) is 5.93. The summed E-state index contributed by atoms with van der Waals surface area (Å²) in [6.07, 6.45) is -1.86. The summed E-state index contributed by atoms with van der Waals surface area (Å²) in [6, 6.07) is 4.07. The van der Waals surface area contributed by atoms with Crippen molar-refractivity contribution in [3.05, 3.63) is 45.8 Å². The van der Waals surface area contributed by atoms with E-state index in [0.717, 1.165) is 54.0 Å². The summed E-state index contributed by atoms with van der Waals surface area (Å²) < 4.78 is 48.0. The number of esters is 1. The van der Waals surface area contributed by atoms with E-state index in [2.05, 4.69) is 5.32 Å². The third-order valence-corrected chi connectivity index (χ3v) is 5.41. The molecular weight excluding hydrogens is 395 g/mol. The Labute approximate surface area is 163 Å². The molecule has 28 heavy (non-hydrogen) atoms. The molecule has 2 aromatic rings. The van der Waals surface area contributed by atoms with Crippen LogP contribution in [-0.4, -0.2) is 25.1 Å². The van der Waals surface area contributed by atoms with Gasteiger partial charge >= 0.3 is 12.1 Å². The fourth-order valence-corrected chi connectivity index (χ4v) is 4.26. The largest absolute Gasteiger partial charge is 0.484 e. The number of ether oxygens (including phenoxy) is 2. The van der Waals surface area contributed by atoms with Gasteiger partial charge in [0, 0.05) is 4.88 Å². The van der Waals surface area contributed by atoms with Crippen molar-refractivity contribution < 1.29 is 32.2 Å². The molecule has 9 heteroatoms. The van der Waals surface area contributed by atoms with Gasteiger partial charge in [-0.15, -0.1) is 11.3 Å². The summed E-state index contributed by atoms with van der Waals surface area (Å²) in [7, 11) is 0. The van der Waals surface area contributed by atoms with Crippen LogP contribution in [-0.2, 0) is 28.5 Å². The van der Waals surface area contributed by atoms with Crippen LogP contribution in [0.1, 0.15) is 39.7 Å². The second kappa shape index (κ2) is 8.22. The van der Waals surface area contributed by atoms with Gasteiger partial charge in [0.25, 0.3) is 5.91 Å². The summed E-state index contributed by atoms with van der Waals surface area (Å²) in [5, 5.41) is 3.08. The molecule has 0 aliphatic heterocycles. The third-order valence-electron chi connectivity index (χ3n) is 4.21. The lowest BCUT2D eigenvalue weighted by Crippen LogP contribution is -2.21. The van der Waals surface area contributed by atoms with E-state index in [1.54, 1.807) is 6.92 Å². The van der Waals surface area contributed by atoms with Crippen LogP contribution >= 0.6 is 11.3 Å². The highest BCUT2D eigenvalue weighted by Gasteiger charge is 2.30. The number of hydrogen-bond donors (Lipinski definition) is 1. The molecule has 3 rings (SSSR count). The van der Waals surface area contributed by atoms with Crippen molar-refractivity contribution in [1.29, 1.82) is 0 Å². The van der Waals surface area contributed by atoms with Crippen molar-refractivity contribution in [3.8, 4) is 5.75 Å². The molecule has 1 amide bonds. The van der Waals surface area contributed by atoms with Crippen LogP contribution in [0.2, 0.25) is 0 Å². The Bertz CT molecular complexity index is 875. The molecule has 0 unspecified atom stereocenters. The molecule has 1 aromatic heterocycles. The van der Waals surface area contributed by atoms with Gasteiger partial charge in [-0.05, 0) is 56.0 Å². The first-order valence-electron chi connectivity index (χ1n) is 8.71. The number of hydrogen-bond acceptors (Lipinski definition) is 5. The van der Waals surface area contributed by atoms with Crippen LogP contribution in [0.3, 0.4) is 0 Å². The first-order chi connectivity index (χ1) is 13.3. The number of halogens is 3. The zero-order chi connectivity index (χ0) is 20.3. The maximum atomic E-state index is 12.6. The van der Waals surface area contributed by atoms with Crippen molar-refractivity contribution in [1.82, 2.24) is 0 Å². The monoisotopic (exact) mass is 413 g/mol. The average molecular weight is 413 g/mol. The predicted octanol–water partition coefficient (Wildman–Crippen LogP) is 4.45. The summed E-state index contributed by atoms with van der Waals surface area (Å²) in [4.78, 5) is 25.5. The zero-order valence-electron chi connectivity index (χ0n) is 15.0. The van der Waals surface area contributed by atoms with Gasteiger partial charge in [-0.2, -0.15) is 13.2 Å². The van der Waals surface area contributed by atoms with Crippen molar-refractivity contribution in [2.75, 3.05) is 18.5 Å². The molecule has 5 nitrogen and oxygen atoms in total. The number of amides is 1. The van der Waals surface area contributed by atoms with E-state index in [1.165, 1.54) is 11.3 Å². The molecule has 1 N–H and O–H groups in total. The number of carbonyl (C=O) groups excluding carboxylic acids is 2. The lowest BCUT2D eigenvalue weighted by molar-refractivity contribution is -0.137. The number of nitrogens with one attached hydrogen (secondary N) is 1. The minimum atomic E-state index is -4.43. The Hall–Kier alpha value is -2.55. The highest BCUT2D eigenvalue weighted by Crippen LogP contribution is 2.39. The van der Waals surface area contributed by atoms with Crippen molar-refractivity contribution in [2.45, 2.75) is 32.4 Å². The Morgan fingerprint density at radius 1 is 1.18 bits per heavy atom. The summed E-state index contributed by atoms with van der Waals surface area (Å²) in [6.45, 7) is 1.55. The van der Waals surface area contributed by atoms with E-state index in [1.807, 2.05) is 0 Å². The molecule has 0 radical (unpaired) electrons. The molecule has 0 fully saturated rings. The zero-order valence-corrected chi connectivity index (χ0v) is 15.8. The average Bonchev–Trinajstić information content (AvgIpc) is 3.20. The van der Waals surface area contributed by atoms with Gasteiger partial charge in [0.1, 0.15) is 10.8 Å². The van der Waals surface area contributed by atoms with E-state index in [9.17, 15) is 22.8 Å². The van der Waals surface area contributed by atoms with E-state index in [4.69, 9.17) is 9.47 Å². The molecule has 1 aliphatic rings. The molecule has 0 bridgehead atoms. The standard InChI is InChI=1S/C19H18F3NO4S/c1-2-26-18(25)16-13-4-3-5-14(13)28-17(16)23-15(24)10-27-12-8-6-11(7-9-12)19(20,21)22/h6-9H,2-5,10H2,1H3,(H,23,24). The van der Waals surface area contributed by atoms with E-state index in [-0.39, 0.29) is 12.4 Å². The van der Waals surface area contributed by atoms with Gasteiger partial charge in [-0.3, -0.25) is 4.79 Å². The first-order valence-corrected chi connectivity index (χ1v) is 9.52. The number of thiophene rings is 1. The molecule has 0 saturated heterocycles. The first kappa shape index (κ1) is 20.2. The highest BCUT2D eigenvalue weighted by molar-refractivity contribution is 7.17. The number of anilines is 1. The quantitative estimate of drug-likeness (QED) is 0.711. The molecule has 0 saturated carbocycles. The Morgan fingerprint density at radius 2 is 1.89 bits per heavy atom. The fourth-order valence-electron chi connectivity index (χ4n) is 2.96. The van der Waals surface area contributed by atoms with Crippen molar-refractivity contribution in [3.63, 3.8) is 0 Å². The Balaban J connectivity index is 1.65. The van der Waals surface area contributed by atoms with Gasteiger partial charge in [0.05, 0.1) is 17.7 Å². The van der Waals surface area contributed by atoms with Gasteiger partial charge in [-0.1, -0.05) is 0 Å². The predicted molar refractivity (Wildman–Crippen MR) is 97.9 cm³/mol. The minimum Gasteiger partial charge on any atom is -0.484 e. The second-order valence-electron chi connectivity index (χ2n) is 6.14. The van der Waals surface area contributed by atoms with Gasteiger partial charge in [-0.25, -0.2) is 4.79 Å². The maximum absolute atomic E-state index is 12.6. The molecule has 1 aromatic carbocycles. The minimum absolute atomic E-state index is 0.141. The Morgan fingerprint density at radius 3 is 2.54 bits per heavy atom. The summed E-state index contributed by atoms with van der Waals surface area (Å²) in [5.74, 6) is -0.839. The number of carbonyl (C=O) groups is 2. The topological polar surface area (TPSA) is 64.6 Å². The second-order valence-corrected chi connectivity index (χ2v) is 7.25. The van der Waals surface area contributed by atoms with E-state index in [0.29, 0.717) is 10.6 Å². The van der Waals surface area contributed by atoms with Gasteiger partial charge < -0.3 is 14.8 Å². The van der Waals surface area contributed by atoms with Gasteiger partial charge in [0.15, 0.2) is 6.61 Å². The number of alkyl halides is 3. The molecule has 1 aliphatic carbocycles. The molecular formula is C19H18F3NO4S. The molecule has 1 heterocycles. The third kappa shape index (κ3) is 4.46. The van der Waals surface area contributed by atoms with Crippen LogP contribution in [0.4, 0.5) is 18.2 Å². The van der Waals surface area contributed by atoms with Crippen molar-refractivity contribution >= 4 is 28.2 Å². The highest BCUT2D eigenvalue weighted by atomic mass is 32.1. The number of benzene rings is 1. The maximum Gasteiger partial charge on any atom is 0.416 e. The lowest BCUT2D eigenvalue weighted by atomic mass is 10.1. The summed E-state index contributed by atoms with van der Waals surface area (Å²) >= 11 is 1.34. The van der Waals surface area contributed by atoms with Crippen molar-refractivity contribution in [2.24, 2.45) is 0 Å². The van der Waals surface area contributed by atoms with Crippen LogP contribution in [0.5, 0.6) is 5.75 Å². The van der Waals surface area contributed by atoms with Crippen LogP contribution in [0.15, 0.2) is 24.3 Å². The SMILES string of the molecule is CCOC(=O)c1c(NC(=O)COc2ccc(C(F)(F)F)cc2)sc2c1CCC2. The van der Waals surface area contributed by atoms with Crippen LogP contribution in [0.25, 0.3) is 0 Å². The number of rotatable bonds is 6. The fraction of sp³-hybridized carbons (Fsp3) is 0.368. The van der Waals surface area contributed by atoms with E-state index < -0.39 is 30.2 Å². The van der Waals surface area contributed by atoms with Gasteiger partial charge in [0.2, 0.25) is 0 Å². The number of aryl methyl sites for hydroxylation is 1. The van der Waals surface area contributed by atoms with Crippen LogP contribution in [0, 0.1) is 0 Å².